The minimum Gasteiger partial charge on any atom is -0.326 e. The zero-order valence-electron chi connectivity index (χ0n) is 10.6. The van der Waals surface area contributed by atoms with Gasteiger partial charge < -0.3 is 11.1 Å². The van der Waals surface area contributed by atoms with Gasteiger partial charge in [0.15, 0.2) is 0 Å². The third-order valence-electron chi connectivity index (χ3n) is 3.76. The molecule has 90 valence electrons. The normalized spacial score (nSPS) is 30.2. The van der Waals surface area contributed by atoms with Crippen molar-refractivity contribution in [3.63, 3.8) is 0 Å². The third-order valence-corrected chi connectivity index (χ3v) is 3.76. The number of nitrogens with one attached hydrogen (secondary N) is 1. The van der Waals surface area contributed by atoms with E-state index in [1.165, 1.54) is 32.1 Å². The molecule has 15 heavy (non-hydrogen) atoms. The van der Waals surface area contributed by atoms with Crippen molar-refractivity contribution in [3.05, 3.63) is 0 Å². The highest BCUT2D eigenvalue weighted by atomic mass is 14.9. The van der Waals surface area contributed by atoms with E-state index in [1.54, 1.807) is 0 Å². The van der Waals surface area contributed by atoms with Gasteiger partial charge in [-0.05, 0) is 31.1 Å². The zero-order valence-corrected chi connectivity index (χ0v) is 10.6. The summed E-state index contributed by atoms with van der Waals surface area (Å²) in [6.45, 7) is 7.75. The van der Waals surface area contributed by atoms with Crippen molar-refractivity contribution in [1.82, 2.24) is 5.32 Å². The van der Waals surface area contributed by atoms with E-state index in [0.29, 0.717) is 12.0 Å². The van der Waals surface area contributed by atoms with Crippen LogP contribution in [-0.4, -0.2) is 18.6 Å². The zero-order chi connectivity index (χ0) is 11.3. The second kappa shape index (κ2) is 6.49. The van der Waals surface area contributed by atoms with Gasteiger partial charge in [0.1, 0.15) is 0 Å². The minimum atomic E-state index is 0.311. The topological polar surface area (TPSA) is 38.0 Å². The maximum Gasteiger partial charge on any atom is 0.0188 e. The first-order valence-corrected chi connectivity index (χ1v) is 6.58. The SMILES string of the molecule is CC1CCCC(NCC(N)C(C)C)CC1. The largest absolute Gasteiger partial charge is 0.326 e. The van der Waals surface area contributed by atoms with E-state index < -0.39 is 0 Å². The Balaban J connectivity index is 2.20. The van der Waals surface area contributed by atoms with Crippen LogP contribution < -0.4 is 11.1 Å². The van der Waals surface area contributed by atoms with Crippen LogP contribution in [0.25, 0.3) is 0 Å². The maximum absolute atomic E-state index is 6.04. The van der Waals surface area contributed by atoms with Crippen LogP contribution in [0, 0.1) is 11.8 Å². The molecular formula is C13H28N2. The molecule has 1 aliphatic carbocycles. The number of hydrogen-bond donors (Lipinski definition) is 2. The monoisotopic (exact) mass is 212 g/mol. The van der Waals surface area contributed by atoms with Gasteiger partial charge in [-0.25, -0.2) is 0 Å². The Kier molecular flexibility index (Phi) is 5.62. The standard InChI is InChI=1S/C13H28N2/c1-10(2)13(14)9-15-12-6-4-5-11(3)7-8-12/h10-13,15H,4-9,14H2,1-3H3. The fourth-order valence-electron chi connectivity index (χ4n) is 2.23. The lowest BCUT2D eigenvalue weighted by Gasteiger charge is -2.21. The van der Waals surface area contributed by atoms with Gasteiger partial charge in [-0.15, -0.1) is 0 Å². The minimum absolute atomic E-state index is 0.311. The molecule has 0 bridgehead atoms. The summed E-state index contributed by atoms with van der Waals surface area (Å²) in [5.74, 6) is 1.51. The lowest BCUT2D eigenvalue weighted by molar-refractivity contribution is 0.393. The predicted octanol–water partition coefficient (Wildman–Crippen LogP) is 2.53. The maximum atomic E-state index is 6.04. The fourth-order valence-corrected chi connectivity index (χ4v) is 2.23. The van der Waals surface area contributed by atoms with E-state index in [1.807, 2.05) is 0 Å². The van der Waals surface area contributed by atoms with E-state index in [4.69, 9.17) is 5.73 Å². The quantitative estimate of drug-likeness (QED) is 0.703. The number of nitrogens with two attached hydrogens (primary N) is 1. The van der Waals surface area contributed by atoms with Crippen LogP contribution in [0.4, 0.5) is 0 Å². The van der Waals surface area contributed by atoms with Crippen LogP contribution in [0.3, 0.4) is 0 Å². The smallest absolute Gasteiger partial charge is 0.0188 e. The third kappa shape index (κ3) is 4.98. The van der Waals surface area contributed by atoms with E-state index >= 15 is 0 Å². The molecule has 0 aliphatic heterocycles. The van der Waals surface area contributed by atoms with E-state index in [2.05, 4.69) is 26.1 Å². The molecule has 3 unspecified atom stereocenters. The first kappa shape index (κ1) is 13.0. The van der Waals surface area contributed by atoms with Crippen molar-refractivity contribution in [2.75, 3.05) is 6.54 Å². The Hall–Kier alpha value is -0.0800. The Morgan fingerprint density at radius 3 is 2.60 bits per heavy atom. The van der Waals surface area contributed by atoms with Gasteiger partial charge in [-0.2, -0.15) is 0 Å². The van der Waals surface area contributed by atoms with Crippen molar-refractivity contribution < 1.29 is 0 Å². The molecule has 0 amide bonds. The second-order valence-corrected chi connectivity index (χ2v) is 5.63. The molecule has 2 heteroatoms. The molecule has 0 saturated heterocycles. The van der Waals surface area contributed by atoms with Gasteiger partial charge in [-0.3, -0.25) is 0 Å². The molecule has 0 spiro atoms. The van der Waals surface area contributed by atoms with Crippen LogP contribution in [-0.2, 0) is 0 Å². The summed E-state index contributed by atoms with van der Waals surface area (Å²) in [5, 5.41) is 3.64. The summed E-state index contributed by atoms with van der Waals surface area (Å²) < 4.78 is 0. The first-order chi connectivity index (χ1) is 7.09. The first-order valence-electron chi connectivity index (χ1n) is 6.58. The summed E-state index contributed by atoms with van der Waals surface area (Å²) in [6, 6.07) is 1.03. The van der Waals surface area contributed by atoms with E-state index in [0.717, 1.165) is 18.5 Å². The highest BCUT2D eigenvalue weighted by molar-refractivity contribution is 4.76. The Morgan fingerprint density at radius 1 is 1.20 bits per heavy atom. The molecule has 0 aromatic rings. The van der Waals surface area contributed by atoms with Crippen molar-refractivity contribution >= 4 is 0 Å². The molecule has 1 aliphatic rings. The molecule has 1 rings (SSSR count). The van der Waals surface area contributed by atoms with Gasteiger partial charge in [0, 0.05) is 18.6 Å². The van der Waals surface area contributed by atoms with Crippen LogP contribution in [0.2, 0.25) is 0 Å². The van der Waals surface area contributed by atoms with Crippen molar-refractivity contribution in [2.24, 2.45) is 17.6 Å². The van der Waals surface area contributed by atoms with Crippen LogP contribution >= 0.6 is 0 Å². The molecule has 3 atom stereocenters. The molecule has 3 N–H and O–H groups in total. The molecule has 1 fully saturated rings. The molecule has 1 saturated carbocycles. The number of rotatable bonds is 4. The predicted molar refractivity (Wildman–Crippen MR) is 66.9 cm³/mol. The summed E-state index contributed by atoms with van der Waals surface area (Å²) in [7, 11) is 0. The van der Waals surface area contributed by atoms with E-state index in [-0.39, 0.29) is 0 Å². The van der Waals surface area contributed by atoms with Crippen molar-refractivity contribution in [1.29, 1.82) is 0 Å². The van der Waals surface area contributed by atoms with Crippen LogP contribution in [0.5, 0.6) is 0 Å². The summed E-state index contributed by atoms with van der Waals surface area (Å²) in [4.78, 5) is 0. The average molecular weight is 212 g/mol. The highest BCUT2D eigenvalue weighted by Crippen LogP contribution is 2.22. The molecule has 2 nitrogen and oxygen atoms in total. The summed E-state index contributed by atoms with van der Waals surface area (Å²) in [5.41, 5.74) is 6.04. The number of hydrogen-bond acceptors (Lipinski definition) is 2. The average Bonchev–Trinajstić information content (AvgIpc) is 2.39. The van der Waals surface area contributed by atoms with Crippen molar-refractivity contribution in [3.8, 4) is 0 Å². The molecule has 0 aromatic carbocycles. The Bertz CT molecular complexity index is 168. The lowest BCUT2D eigenvalue weighted by atomic mass is 10.0. The molecule has 0 radical (unpaired) electrons. The molecule has 0 aromatic heterocycles. The van der Waals surface area contributed by atoms with Crippen LogP contribution in [0.15, 0.2) is 0 Å². The van der Waals surface area contributed by atoms with Gasteiger partial charge in [0.2, 0.25) is 0 Å². The van der Waals surface area contributed by atoms with Gasteiger partial charge in [0.05, 0.1) is 0 Å². The highest BCUT2D eigenvalue weighted by Gasteiger charge is 2.16. The van der Waals surface area contributed by atoms with Gasteiger partial charge in [-0.1, -0.05) is 33.6 Å². The second-order valence-electron chi connectivity index (χ2n) is 5.63. The molecule has 0 heterocycles. The van der Waals surface area contributed by atoms with E-state index in [9.17, 15) is 0 Å². The summed E-state index contributed by atoms with van der Waals surface area (Å²) >= 11 is 0. The fraction of sp³-hybridized carbons (Fsp3) is 1.00. The summed E-state index contributed by atoms with van der Waals surface area (Å²) in [6.07, 6.45) is 6.86. The molecular weight excluding hydrogens is 184 g/mol. The lowest BCUT2D eigenvalue weighted by Crippen LogP contribution is -2.42. The van der Waals surface area contributed by atoms with Gasteiger partial charge >= 0.3 is 0 Å². The Labute approximate surface area is 95.0 Å². The van der Waals surface area contributed by atoms with Crippen molar-refractivity contribution in [2.45, 2.75) is 65.0 Å². The van der Waals surface area contributed by atoms with Crippen LogP contribution in [0.1, 0.15) is 52.9 Å². The Morgan fingerprint density at radius 2 is 1.93 bits per heavy atom. The van der Waals surface area contributed by atoms with Gasteiger partial charge in [0.25, 0.3) is 0 Å².